The maximum atomic E-state index is 11.7. The summed E-state index contributed by atoms with van der Waals surface area (Å²) < 4.78 is 0. The van der Waals surface area contributed by atoms with Crippen LogP contribution in [0.2, 0.25) is 0 Å². The van der Waals surface area contributed by atoms with Gasteiger partial charge < -0.3 is 15.7 Å². The number of nitrogens with one attached hydrogen (secondary N) is 2. The summed E-state index contributed by atoms with van der Waals surface area (Å²) in [6.45, 7) is 0.438. The van der Waals surface area contributed by atoms with Crippen LogP contribution in [0.5, 0.6) is 5.75 Å². The van der Waals surface area contributed by atoms with E-state index in [0.29, 0.717) is 18.7 Å². The molecule has 0 aliphatic heterocycles. The minimum absolute atomic E-state index is 0.217. The van der Waals surface area contributed by atoms with Crippen LogP contribution >= 0.6 is 0 Å². The minimum Gasteiger partial charge on any atom is -0.508 e. The van der Waals surface area contributed by atoms with E-state index >= 15 is 0 Å². The lowest BCUT2D eigenvalue weighted by Gasteiger charge is -2.15. The molecule has 0 saturated carbocycles. The lowest BCUT2D eigenvalue weighted by atomic mass is 10.1. The topological polar surface area (TPSA) is 91.3 Å². The molecule has 0 unspecified atom stereocenters. The first kappa shape index (κ1) is 14.8. The minimum atomic E-state index is -0.535. The Balaban J connectivity index is 1.67. The van der Waals surface area contributed by atoms with Crippen LogP contribution < -0.4 is 21.5 Å². The summed E-state index contributed by atoms with van der Waals surface area (Å²) in [7, 11) is 0. The molecule has 6 heteroatoms. The summed E-state index contributed by atoms with van der Waals surface area (Å²) in [5.74, 6) is 0.217. The highest BCUT2D eigenvalue weighted by atomic mass is 16.3. The van der Waals surface area contributed by atoms with Gasteiger partial charge in [-0.05, 0) is 30.2 Å². The molecule has 2 aromatic carbocycles. The fraction of sp³-hybridized carbons (Fsp3) is 0.118. The van der Waals surface area contributed by atoms with Crippen molar-refractivity contribution in [3.8, 4) is 5.75 Å². The average Bonchev–Trinajstić information content (AvgIpc) is 2.59. The number of benzene rings is 1. The summed E-state index contributed by atoms with van der Waals surface area (Å²) in [6, 6.07) is 10.4. The first-order valence-electron chi connectivity index (χ1n) is 7.18. The Morgan fingerprint density at radius 3 is 2.39 bits per heavy atom. The molecule has 1 aromatic heterocycles. The van der Waals surface area contributed by atoms with Gasteiger partial charge in [0.15, 0.2) is 0 Å². The van der Waals surface area contributed by atoms with E-state index in [2.05, 4.69) is 15.6 Å². The van der Waals surface area contributed by atoms with Gasteiger partial charge >= 0.3 is 0 Å². The van der Waals surface area contributed by atoms with E-state index in [-0.39, 0.29) is 17.1 Å². The van der Waals surface area contributed by atoms with Gasteiger partial charge in [-0.3, -0.25) is 14.6 Å². The van der Waals surface area contributed by atoms with Gasteiger partial charge in [0.1, 0.15) is 17.1 Å². The van der Waals surface area contributed by atoms with Crippen LogP contribution in [0.15, 0.2) is 58.4 Å². The number of pyridine rings is 1. The van der Waals surface area contributed by atoms with Crippen LogP contribution in [-0.2, 0) is 6.42 Å². The molecule has 116 valence electrons. The molecule has 3 aromatic rings. The van der Waals surface area contributed by atoms with Gasteiger partial charge in [-0.25, -0.2) is 0 Å². The number of aromatic nitrogens is 1. The van der Waals surface area contributed by atoms with Crippen molar-refractivity contribution in [2.45, 2.75) is 6.42 Å². The standard InChI is InChI=1S/C17H15N3O3/c21-13-4-2-1-3-11(13)5-10-19-14-15(17(23)16(14)22)20-12-6-8-18-9-7-12/h1-4,6-9,19,21H,5,10H2,(H,18,20). The maximum absolute atomic E-state index is 11.7. The number of hydrogen-bond donors (Lipinski definition) is 3. The fourth-order valence-corrected chi connectivity index (χ4v) is 2.30. The van der Waals surface area contributed by atoms with Crippen LogP contribution in [0.1, 0.15) is 5.56 Å². The molecule has 3 N–H and O–H groups in total. The largest absolute Gasteiger partial charge is 0.508 e. The molecule has 0 aliphatic carbocycles. The molecular weight excluding hydrogens is 294 g/mol. The van der Waals surface area contributed by atoms with E-state index in [9.17, 15) is 14.7 Å². The van der Waals surface area contributed by atoms with Gasteiger partial charge in [-0.15, -0.1) is 0 Å². The second-order valence-electron chi connectivity index (χ2n) is 5.07. The van der Waals surface area contributed by atoms with Crippen LogP contribution in [0.4, 0.5) is 17.1 Å². The number of phenolic OH excluding ortho intramolecular Hbond substituents is 1. The molecule has 6 nitrogen and oxygen atoms in total. The number of aromatic hydroxyl groups is 1. The highest BCUT2D eigenvalue weighted by Gasteiger charge is 2.20. The number of rotatable bonds is 6. The van der Waals surface area contributed by atoms with Crippen LogP contribution in [0.3, 0.4) is 0 Å². The van der Waals surface area contributed by atoms with Crippen molar-refractivity contribution in [3.63, 3.8) is 0 Å². The molecule has 23 heavy (non-hydrogen) atoms. The summed E-state index contributed by atoms with van der Waals surface area (Å²) in [4.78, 5) is 27.3. The van der Waals surface area contributed by atoms with Crippen molar-refractivity contribution in [1.29, 1.82) is 0 Å². The van der Waals surface area contributed by atoms with Crippen molar-refractivity contribution < 1.29 is 5.11 Å². The fourth-order valence-electron chi connectivity index (χ4n) is 2.30. The lowest BCUT2D eigenvalue weighted by molar-refractivity contribution is 0.468. The van der Waals surface area contributed by atoms with Crippen LogP contribution in [-0.4, -0.2) is 16.6 Å². The first-order valence-corrected chi connectivity index (χ1v) is 7.18. The molecule has 0 radical (unpaired) electrons. The second-order valence-corrected chi connectivity index (χ2v) is 5.07. The van der Waals surface area contributed by atoms with Gasteiger partial charge in [0, 0.05) is 24.6 Å². The lowest BCUT2D eigenvalue weighted by Crippen LogP contribution is -2.37. The van der Waals surface area contributed by atoms with E-state index in [0.717, 1.165) is 5.56 Å². The van der Waals surface area contributed by atoms with Crippen molar-refractivity contribution in [2.24, 2.45) is 0 Å². The zero-order valence-corrected chi connectivity index (χ0v) is 12.2. The Morgan fingerprint density at radius 1 is 0.957 bits per heavy atom. The van der Waals surface area contributed by atoms with E-state index in [1.165, 1.54) is 0 Å². The van der Waals surface area contributed by atoms with E-state index in [4.69, 9.17) is 0 Å². The Morgan fingerprint density at radius 2 is 1.65 bits per heavy atom. The third-order valence-corrected chi connectivity index (χ3v) is 3.55. The van der Waals surface area contributed by atoms with Crippen molar-refractivity contribution >= 4 is 17.1 Å². The number of anilines is 3. The van der Waals surface area contributed by atoms with Gasteiger partial charge in [0.2, 0.25) is 0 Å². The molecule has 0 bridgehead atoms. The van der Waals surface area contributed by atoms with Gasteiger partial charge in [-0.1, -0.05) is 18.2 Å². The SMILES string of the molecule is O=c1c(NCCc2ccccc2O)c(Nc2ccncc2)c1=O. The molecule has 0 saturated heterocycles. The van der Waals surface area contributed by atoms with E-state index in [1.54, 1.807) is 36.7 Å². The van der Waals surface area contributed by atoms with Crippen LogP contribution in [0.25, 0.3) is 0 Å². The van der Waals surface area contributed by atoms with Crippen LogP contribution in [0, 0.1) is 0 Å². The predicted octanol–water partition coefficient (Wildman–Crippen LogP) is 1.78. The summed E-state index contributed by atoms with van der Waals surface area (Å²) in [5.41, 5.74) is 0.949. The van der Waals surface area contributed by atoms with E-state index in [1.807, 2.05) is 12.1 Å². The van der Waals surface area contributed by atoms with Gasteiger partial charge in [-0.2, -0.15) is 0 Å². The summed E-state index contributed by atoms with van der Waals surface area (Å²) in [5, 5.41) is 15.6. The average molecular weight is 309 g/mol. The zero-order valence-electron chi connectivity index (χ0n) is 12.2. The highest BCUT2D eigenvalue weighted by Crippen LogP contribution is 2.21. The first-order chi connectivity index (χ1) is 11.2. The van der Waals surface area contributed by atoms with Gasteiger partial charge in [0.25, 0.3) is 10.9 Å². The highest BCUT2D eigenvalue weighted by molar-refractivity contribution is 5.78. The predicted molar refractivity (Wildman–Crippen MR) is 89.2 cm³/mol. The number of nitrogens with zero attached hydrogens (tertiary/aromatic N) is 1. The molecule has 0 aliphatic rings. The Labute approximate surface area is 132 Å². The molecule has 0 fully saturated rings. The summed E-state index contributed by atoms with van der Waals surface area (Å²) in [6.07, 6.45) is 3.73. The Kier molecular flexibility index (Phi) is 4.05. The molecule has 1 heterocycles. The molecule has 3 rings (SSSR count). The van der Waals surface area contributed by atoms with Crippen molar-refractivity contribution in [3.05, 3.63) is 74.8 Å². The zero-order chi connectivity index (χ0) is 16.2. The molecule has 0 spiro atoms. The molecule has 0 amide bonds. The van der Waals surface area contributed by atoms with E-state index < -0.39 is 10.9 Å². The third-order valence-electron chi connectivity index (χ3n) is 3.55. The monoisotopic (exact) mass is 309 g/mol. The Hall–Kier alpha value is -3.15. The maximum Gasteiger partial charge on any atom is 0.253 e. The molecular formula is C17H15N3O3. The normalized spacial score (nSPS) is 10.6. The third kappa shape index (κ3) is 3.06. The quantitative estimate of drug-likeness (QED) is 0.601. The van der Waals surface area contributed by atoms with Crippen molar-refractivity contribution in [2.75, 3.05) is 17.2 Å². The number of hydrogen-bond acceptors (Lipinski definition) is 6. The smallest absolute Gasteiger partial charge is 0.253 e. The number of phenols is 1. The van der Waals surface area contributed by atoms with Crippen molar-refractivity contribution in [1.82, 2.24) is 4.98 Å². The number of para-hydroxylation sites is 1. The molecule has 0 atom stereocenters. The summed E-state index contributed by atoms with van der Waals surface area (Å²) >= 11 is 0. The van der Waals surface area contributed by atoms with Gasteiger partial charge in [0.05, 0.1) is 0 Å². The second kappa shape index (κ2) is 6.31. The Bertz CT molecular complexity index is 884.